The molecular weight excluding hydrogens is 496 g/mol. The summed E-state index contributed by atoms with van der Waals surface area (Å²) >= 11 is 0. The van der Waals surface area contributed by atoms with Gasteiger partial charge in [-0.05, 0) is 116 Å². The van der Waals surface area contributed by atoms with Crippen molar-refractivity contribution in [3.63, 3.8) is 0 Å². The van der Waals surface area contributed by atoms with Gasteiger partial charge < -0.3 is 9.47 Å². The van der Waals surface area contributed by atoms with E-state index in [1.54, 1.807) is 5.57 Å². The molecule has 0 aliphatic heterocycles. The Labute approximate surface area is 245 Å². The summed E-state index contributed by atoms with van der Waals surface area (Å²) in [5, 5.41) is 0. The third-order valence-corrected chi connectivity index (χ3v) is 12.8. The summed E-state index contributed by atoms with van der Waals surface area (Å²) in [5.74, 6) is 5.61. The number of methoxy groups -OCH3 is 1. The summed E-state index contributed by atoms with van der Waals surface area (Å²) < 4.78 is 10.6. The van der Waals surface area contributed by atoms with Crippen molar-refractivity contribution in [3.8, 4) is 0 Å². The van der Waals surface area contributed by atoms with E-state index in [1.807, 2.05) is 0 Å². The zero-order valence-corrected chi connectivity index (χ0v) is 26.9. The number of esters is 2. The van der Waals surface area contributed by atoms with Crippen molar-refractivity contribution in [2.75, 3.05) is 7.11 Å². The minimum atomic E-state index is -0.208. The molecule has 4 aliphatic carbocycles. The number of hydrogen-bond donors (Lipinski definition) is 0. The largest absolute Gasteiger partial charge is 0.469 e. The number of fused-ring (bicyclic) bond motifs is 5. The number of ether oxygens (including phenoxy) is 2. The van der Waals surface area contributed by atoms with Crippen molar-refractivity contribution in [2.45, 2.75) is 144 Å². The molecule has 0 aromatic carbocycles. The molecule has 0 aromatic rings. The lowest BCUT2D eigenvalue weighted by Crippen LogP contribution is -2.51. The maximum Gasteiger partial charge on any atom is 0.306 e. The molecule has 0 spiro atoms. The first-order chi connectivity index (χ1) is 19.0. The number of hydrogen-bond acceptors (Lipinski definition) is 4. The summed E-state index contributed by atoms with van der Waals surface area (Å²) in [4.78, 5) is 23.8. The lowest BCUT2D eigenvalue weighted by molar-refractivity contribution is -0.152. The fourth-order valence-electron chi connectivity index (χ4n) is 10.3. The summed E-state index contributed by atoms with van der Waals surface area (Å²) in [6, 6.07) is 0. The molecule has 0 bridgehead atoms. The fourth-order valence-corrected chi connectivity index (χ4v) is 10.3. The van der Waals surface area contributed by atoms with Crippen molar-refractivity contribution < 1.29 is 19.1 Å². The van der Waals surface area contributed by atoms with Gasteiger partial charge in [0, 0.05) is 19.3 Å². The van der Waals surface area contributed by atoms with Gasteiger partial charge in [0.1, 0.15) is 6.10 Å². The van der Waals surface area contributed by atoms with Crippen LogP contribution >= 0.6 is 0 Å². The highest BCUT2D eigenvalue weighted by Crippen LogP contribution is 2.67. The highest BCUT2D eigenvalue weighted by Gasteiger charge is 2.59. The molecule has 0 heterocycles. The Balaban J connectivity index is 1.33. The van der Waals surface area contributed by atoms with E-state index in [0.29, 0.717) is 31.1 Å². The number of rotatable bonds is 12. The highest BCUT2D eigenvalue weighted by atomic mass is 16.5. The summed E-state index contributed by atoms with van der Waals surface area (Å²) in [6.07, 6.45) is 18.8. The van der Waals surface area contributed by atoms with Gasteiger partial charge >= 0.3 is 11.9 Å². The van der Waals surface area contributed by atoms with Gasteiger partial charge in [0.2, 0.25) is 0 Å². The van der Waals surface area contributed by atoms with E-state index in [0.717, 1.165) is 60.7 Å². The van der Waals surface area contributed by atoms with Gasteiger partial charge in [-0.3, -0.25) is 9.59 Å². The minimum Gasteiger partial charge on any atom is -0.469 e. The molecule has 4 aliphatic rings. The maximum absolute atomic E-state index is 12.5. The second kappa shape index (κ2) is 13.3. The van der Waals surface area contributed by atoms with E-state index in [9.17, 15) is 9.59 Å². The SMILES string of the molecule is CC[C@H](CC[C@@H](C)[C@H]1CCC2C3CC=C4C[C@@H](OC(=O)CCCCC(=O)OC)CC[C@]4(C)C3CC[C@@]21C)C(C)C. The van der Waals surface area contributed by atoms with Gasteiger partial charge in [-0.2, -0.15) is 0 Å². The number of carbonyl (C=O) groups is 2. The van der Waals surface area contributed by atoms with E-state index >= 15 is 0 Å². The topological polar surface area (TPSA) is 52.6 Å². The molecule has 0 saturated heterocycles. The van der Waals surface area contributed by atoms with Crippen LogP contribution in [0.15, 0.2) is 11.6 Å². The third-order valence-electron chi connectivity index (χ3n) is 12.8. The van der Waals surface area contributed by atoms with Crippen molar-refractivity contribution >= 4 is 11.9 Å². The predicted octanol–water partition coefficient (Wildman–Crippen LogP) is 9.31. The molecule has 3 saturated carbocycles. The standard InChI is InChI=1S/C36H60O4/c1-8-26(24(2)3)14-13-25(4)30-17-18-31-29-16-15-27-23-28(40-34(38)12-10-9-11-33(37)39-7)19-21-35(27,5)32(29)20-22-36(30,31)6/h15,24-26,28-32H,8-14,16-23H2,1-7H3/t25-,26-,28+,29?,30-,31?,32?,35+,36-/m1/s1. The zero-order valence-electron chi connectivity index (χ0n) is 26.9. The molecule has 3 fully saturated rings. The Morgan fingerprint density at radius 2 is 1.68 bits per heavy atom. The van der Waals surface area contributed by atoms with Gasteiger partial charge in [0.15, 0.2) is 0 Å². The Hall–Kier alpha value is -1.32. The molecule has 228 valence electrons. The number of allylic oxidation sites excluding steroid dienone is 1. The normalized spacial score (nSPS) is 36.6. The summed E-state index contributed by atoms with van der Waals surface area (Å²) in [7, 11) is 1.41. The van der Waals surface area contributed by atoms with E-state index in [1.165, 1.54) is 58.5 Å². The van der Waals surface area contributed by atoms with Crippen LogP contribution in [-0.4, -0.2) is 25.2 Å². The first kappa shape index (κ1) is 31.6. The highest BCUT2D eigenvalue weighted by molar-refractivity contribution is 5.70. The molecule has 9 atom stereocenters. The fraction of sp³-hybridized carbons (Fsp3) is 0.889. The van der Waals surface area contributed by atoms with E-state index in [-0.39, 0.29) is 23.5 Å². The quantitative estimate of drug-likeness (QED) is 0.136. The molecule has 0 radical (unpaired) electrons. The Morgan fingerprint density at radius 3 is 2.35 bits per heavy atom. The Bertz CT molecular complexity index is 906. The van der Waals surface area contributed by atoms with Gasteiger partial charge in [-0.25, -0.2) is 0 Å². The average molecular weight is 557 g/mol. The van der Waals surface area contributed by atoms with E-state index in [4.69, 9.17) is 4.74 Å². The molecule has 4 nitrogen and oxygen atoms in total. The van der Waals surface area contributed by atoms with Crippen LogP contribution in [0.25, 0.3) is 0 Å². The van der Waals surface area contributed by atoms with E-state index < -0.39 is 0 Å². The summed E-state index contributed by atoms with van der Waals surface area (Å²) in [6.45, 7) is 15.0. The van der Waals surface area contributed by atoms with Crippen LogP contribution in [0.5, 0.6) is 0 Å². The third kappa shape index (κ3) is 6.51. The molecule has 0 amide bonds. The van der Waals surface area contributed by atoms with Gasteiger partial charge in [0.25, 0.3) is 0 Å². The first-order valence-electron chi connectivity index (χ1n) is 17.0. The van der Waals surface area contributed by atoms with Crippen molar-refractivity contribution in [3.05, 3.63) is 11.6 Å². The molecule has 0 aromatic heterocycles. The smallest absolute Gasteiger partial charge is 0.306 e. The number of carbonyl (C=O) groups excluding carboxylic acids is 2. The summed E-state index contributed by atoms with van der Waals surface area (Å²) in [5.41, 5.74) is 2.38. The molecular formula is C36H60O4. The predicted molar refractivity (Wildman–Crippen MR) is 163 cm³/mol. The number of unbranched alkanes of at least 4 members (excludes halogenated alkanes) is 1. The lowest BCUT2D eigenvalue weighted by Gasteiger charge is -2.58. The van der Waals surface area contributed by atoms with Crippen LogP contribution in [0.4, 0.5) is 0 Å². The van der Waals surface area contributed by atoms with Crippen LogP contribution in [0.2, 0.25) is 0 Å². The average Bonchev–Trinajstić information content (AvgIpc) is 3.28. The van der Waals surface area contributed by atoms with Crippen LogP contribution < -0.4 is 0 Å². The van der Waals surface area contributed by atoms with Crippen LogP contribution in [0.3, 0.4) is 0 Å². The maximum atomic E-state index is 12.5. The first-order valence-corrected chi connectivity index (χ1v) is 17.0. The molecule has 3 unspecified atom stereocenters. The molecule has 4 rings (SSSR count). The zero-order chi connectivity index (χ0) is 29.1. The molecule has 40 heavy (non-hydrogen) atoms. The van der Waals surface area contributed by atoms with Crippen molar-refractivity contribution in [1.82, 2.24) is 0 Å². The van der Waals surface area contributed by atoms with Crippen molar-refractivity contribution in [2.24, 2.45) is 52.3 Å². The van der Waals surface area contributed by atoms with Crippen molar-refractivity contribution in [1.29, 1.82) is 0 Å². The molecule has 0 N–H and O–H groups in total. The Morgan fingerprint density at radius 1 is 0.950 bits per heavy atom. The Kier molecular flexibility index (Phi) is 10.5. The second-order valence-electron chi connectivity index (χ2n) is 15.1. The van der Waals surface area contributed by atoms with Crippen LogP contribution in [-0.2, 0) is 19.1 Å². The monoisotopic (exact) mass is 556 g/mol. The van der Waals surface area contributed by atoms with Gasteiger partial charge in [0.05, 0.1) is 7.11 Å². The lowest BCUT2D eigenvalue weighted by atomic mass is 9.47. The second-order valence-corrected chi connectivity index (χ2v) is 15.1. The van der Waals surface area contributed by atoms with Crippen LogP contribution in [0, 0.1) is 52.3 Å². The van der Waals surface area contributed by atoms with Crippen LogP contribution in [0.1, 0.15) is 138 Å². The molecule has 4 heteroatoms. The van der Waals surface area contributed by atoms with Gasteiger partial charge in [-0.1, -0.05) is 66.0 Å². The minimum absolute atomic E-state index is 0.0207. The van der Waals surface area contributed by atoms with E-state index in [2.05, 4.69) is 52.4 Å². The van der Waals surface area contributed by atoms with Gasteiger partial charge in [-0.15, -0.1) is 0 Å².